The van der Waals surface area contributed by atoms with Crippen LogP contribution < -0.4 is 0 Å². The number of carbonyl (C=O) groups is 1. The number of likely N-dealkylation sites (tertiary alicyclic amines) is 1. The molecule has 100 valence electrons. The number of carboxylic acid groups (broad SMARTS) is 1. The number of piperidine rings is 1. The van der Waals surface area contributed by atoms with Gasteiger partial charge in [0.05, 0.1) is 5.69 Å². The SMILES string of the molecule is Cc1nn(C)cc1CN1CCC(CC(=O)O)CC1. The van der Waals surface area contributed by atoms with Crippen LogP contribution in [0.5, 0.6) is 0 Å². The Hall–Kier alpha value is -1.36. The van der Waals surface area contributed by atoms with Gasteiger partial charge in [0.1, 0.15) is 0 Å². The molecular weight excluding hydrogens is 230 g/mol. The highest BCUT2D eigenvalue weighted by Crippen LogP contribution is 2.22. The second-order valence-corrected chi connectivity index (χ2v) is 5.23. The lowest BCUT2D eigenvalue weighted by atomic mass is 9.93. The summed E-state index contributed by atoms with van der Waals surface area (Å²) in [6.07, 6.45) is 4.37. The van der Waals surface area contributed by atoms with Crippen LogP contribution in [0.3, 0.4) is 0 Å². The van der Waals surface area contributed by atoms with E-state index < -0.39 is 5.97 Å². The van der Waals surface area contributed by atoms with E-state index in [-0.39, 0.29) is 0 Å². The van der Waals surface area contributed by atoms with Crippen LogP contribution in [0, 0.1) is 12.8 Å². The summed E-state index contributed by atoms with van der Waals surface area (Å²) in [5.41, 5.74) is 2.36. The zero-order valence-electron chi connectivity index (χ0n) is 11.1. The second-order valence-electron chi connectivity index (χ2n) is 5.23. The number of carboxylic acids is 1. The van der Waals surface area contributed by atoms with E-state index in [1.54, 1.807) is 0 Å². The van der Waals surface area contributed by atoms with Crippen molar-refractivity contribution < 1.29 is 9.90 Å². The Balaban J connectivity index is 1.83. The summed E-state index contributed by atoms with van der Waals surface area (Å²) in [6, 6.07) is 0. The van der Waals surface area contributed by atoms with Crippen LogP contribution in [0.15, 0.2) is 6.20 Å². The summed E-state index contributed by atoms with van der Waals surface area (Å²) in [7, 11) is 1.94. The first kappa shape index (κ1) is 13.1. The number of aliphatic carboxylic acids is 1. The minimum absolute atomic E-state index is 0.319. The third-order valence-electron chi connectivity index (χ3n) is 3.68. The van der Waals surface area contributed by atoms with Crippen molar-refractivity contribution in [3.8, 4) is 0 Å². The summed E-state index contributed by atoms with van der Waals surface area (Å²) in [4.78, 5) is 13.1. The fraction of sp³-hybridized carbons (Fsp3) is 0.692. The normalized spacial score (nSPS) is 18.1. The van der Waals surface area contributed by atoms with Crippen LogP contribution in [0.25, 0.3) is 0 Å². The molecule has 0 aliphatic carbocycles. The first-order chi connectivity index (χ1) is 8.54. The first-order valence-electron chi connectivity index (χ1n) is 6.48. The molecule has 1 fully saturated rings. The van der Waals surface area contributed by atoms with Crippen molar-refractivity contribution in [2.24, 2.45) is 13.0 Å². The number of hydrogen-bond acceptors (Lipinski definition) is 3. The van der Waals surface area contributed by atoms with Gasteiger partial charge in [0.25, 0.3) is 0 Å². The zero-order chi connectivity index (χ0) is 13.1. The molecule has 1 N–H and O–H groups in total. The topological polar surface area (TPSA) is 58.4 Å². The highest BCUT2D eigenvalue weighted by molar-refractivity contribution is 5.67. The van der Waals surface area contributed by atoms with E-state index in [9.17, 15) is 4.79 Å². The van der Waals surface area contributed by atoms with Gasteiger partial charge in [-0.1, -0.05) is 0 Å². The Labute approximate surface area is 107 Å². The Morgan fingerprint density at radius 2 is 2.17 bits per heavy atom. The maximum absolute atomic E-state index is 10.7. The molecule has 0 bridgehead atoms. The van der Waals surface area contributed by atoms with Gasteiger partial charge in [-0.15, -0.1) is 0 Å². The third kappa shape index (κ3) is 3.32. The molecule has 18 heavy (non-hydrogen) atoms. The molecule has 5 nitrogen and oxygen atoms in total. The van der Waals surface area contributed by atoms with Crippen LogP contribution in [0.4, 0.5) is 0 Å². The van der Waals surface area contributed by atoms with Crippen molar-refractivity contribution in [2.45, 2.75) is 32.7 Å². The van der Waals surface area contributed by atoms with Crippen LogP contribution in [0.1, 0.15) is 30.5 Å². The van der Waals surface area contributed by atoms with E-state index in [4.69, 9.17) is 5.11 Å². The summed E-state index contributed by atoms with van der Waals surface area (Å²) in [5, 5.41) is 13.1. The minimum Gasteiger partial charge on any atom is -0.481 e. The van der Waals surface area contributed by atoms with E-state index in [1.165, 1.54) is 5.56 Å². The maximum atomic E-state index is 10.7. The smallest absolute Gasteiger partial charge is 0.303 e. The number of hydrogen-bond donors (Lipinski definition) is 1. The third-order valence-corrected chi connectivity index (χ3v) is 3.68. The van der Waals surface area contributed by atoms with E-state index >= 15 is 0 Å². The molecule has 0 atom stereocenters. The van der Waals surface area contributed by atoms with Crippen LogP contribution >= 0.6 is 0 Å². The van der Waals surface area contributed by atoms with Gasteiger partial charge in [-0.2, -0.15) is 5.10 Å². The van der Waals surface area contributed by atoms with Crippen molar-refractivity contribution in [1.29, 1.82) is 0 Å². The number of nitrogens with zero attached hydrogens (tertiary/aromatic N) is 3. The number of aryl methyl sites for hydroxylation is 2. The summed E-state index contributed by atoms with van der Waals surface area (Å²) in [6.45, 7) is 4.95. The molecular formula is C13H21N3O2. The molecule has 0 aromatic carbocycles. The lowest BCUT2D eigenvalue weighted by molar-refractivity contribution is -0.138. The molecule has 2 rings (SSSR count). The lowest BCUT2D eigenvalue weighted by Gasteiger charge is -2.31. The zero-order valence-corrected chi connectivity index (χ0v) is 11.1. The van der Waals surface area contributed by atoms with Crippen LogP contribution in [0.2, 0.25) is 0 Å². The molecule has 0 saturated carbocycles. The van der Waals surface area contributed by atoms with Gasteiger partial charge in [-0.25, -0.2) is 0 Å². The van der Waals surface area contributed by atoms with Gasteiger partial charge in [0.15, 0.2) is 0 Å². The Morgan fingerprint density at radius 3 is 2.67 bits per heavy atom. The van der Waals surface area contributed by atoms with Crippen molar-refractivity contribution in [2.75, 3.05) is 13.1 Å². The minimum atomic E-state index is -0.670. The predicted molar refractivity (Wildman–Crippen MR) is 68.2 cm³/mol. The molecule has 0 spiro atoms. The number of aromatic nitrogens is 2. The molecule has 0 radical (unpaired) electrons. The van der Waals surface area contributed by atoms with Crippen molar-refractivity contribution in [3.05, 3.63) is 17.5 Å². The summed E-state index contributed by atoms with van der Waals surface area (Å²) in [5.74, 6) is -0.315. The molecule has 2 heterocycles. The lowest BCUT2D eigenvalue weighted by Crippen LogP contribution is -2.34. The van der Waals surface area contributed by atoms with Gasteiger partial charge in [-0.3, -0.25) is 14.4 Å². The highest BCUT2D eigenvalue weighted by Gasteiger charge is 2.21. The second kappa shape index (κ2) is 5.52. The largest absolute Gasteiger partial charge is 0.481 e. The predicted octanol–water partition coefficient (Wildman–Crippen LogP) is 1.42. The first-order valence-corrected chi connectivity index (χ1v) is 6.48. The molecule has 1 aromatic heterocycles. The molecule has 0 amide bonds. The monoisotopic (exact) mass is 251 g/mol. The quantitative estimate of drug-likeness (QED) is 0.879. The van der Waals surface area contributed by atoms with Crippen LogP contribution in [-0.4, -0.2) is 38.8 Å². The van der Waals surface area contributed by atoms with Crippen molar-refractivity contribution in [3.63, 3.8) is 0 Å². The van der Waals surface area contributed by atoms with Crippen LogP contribution in [-0.2, 0) is 18.4 Å². The van der Waals surface area contributed by atoms with E-state index in [1.807, 2.05) is 18.7 Å². The van der Waals surface area contributed by atoms with E-state index in [2.05, 4.69) is 16.2 Å². The standard InChI is InChI=1S/C13H21N3O2/c1-10-12(8-15(2)14-10)9-16-5-3-11(4-6-16)7-13(17)18/h8,11H,3-7,9H2,1-2H3,(H,17,18). The highest BCUT2D eigenvalue weighted by atomic mass is 16.4. The van der Waals surface area contributed by atoms with Crippen molar-refractivity contribution >= 4 is 5.97 Å². The number of rotatable bonds is 4. The van der Waals surface area contributed by atoms with Gasteiger partial charge in [0, 0.05) is 31.8 Å². The van der Waals surface area contributed by atoms with Gasteiger partial charge in [0.2, 0.25) is 0 Å². The van der Waals surface area contributed by atoms with E-state index in [0.29, 0.717) is 12.3 Å². The molecule has 5 heteroatoms. The fourth-order valence-corrected chi connectivity index (χ4v) is 2.64. The summed E-state index contributed by atoms with van der Waals surface area (Å²) >= 11 is 0. The van der Waals surface area contributed by atoms with Crippen molar-refractivity contribution in [1.82, 2.24) is 14.7 Å². The van der Waals surface area contributed by atoms with Gasteiger partial charge in [-0.05, 0) is 38.8 Å². The summed E-state index contributed by atoms with van der Waals surface area (Å²) < 4.78 is 1.85. The molecule has 1 saturated heterocycles. The molecule has 1 aliphatic rings. The fourth-order valence-electron chi connectivity index (χ4n) is 2.64. The average molecular weight is 251 g/mol. The molecule has 1 aliphatic heterocycles. The maximum Gasteiger partial charge on any atom is 0.303 e. The average Bonchev–Trinajstić information content (AvgIpc) is 2.59. The Morgan fingerprint density at radius 1 is 1.50 bits per heavy atom. The Bertz CT molecular complexity index is 420. The van der Waals surface area contributed by atoms with Gasteiger partial charge < -0.3 is 5.11 Å². The van der Waals surface area contributed by atoms with E-state index in [0.717, 1.165) is 38.2 Å². The molecule has 1 aromatic rings. The molecule has 0 unspecified atom stereocenters. The Kier molecular flexibility index (Phi) is 4.01. The van der Waals surface area contributed by atoms with Gasteiger partial charge >= 0.3 is 5.97 Å².